The van der Waals surface area contributed by atoms with Gasteiger partial charge in [-0.25, -0.2) is 0 Å². The van der Waals surface area contributed by atoms with Gasteiger partial charge in [0, 0.05) is 17.3 Å². The van der Waals surface area contributed by atoms with Crippen LogP contribution in [0.2, 0.25) is 0 Å². The molecular weight excluding hydrogens is 273 g/mol. The van der Waals surface area contributed by atoms with Crippen LogP contribution in [0.25, 0.3) is 0 Å². The lowest BCUT2D eigenvalue weighted by atomic mass is 10.1. The first-order chi connectivity index (χ1) is 9.47. The molecule has 0 saturated carbocycles. The number of hydrogen-bond donors (Lipinski definition) is 1. The standard InChI is InChI=1S/C15H14NO3P/c1-10-6-7-13(8-11(10)2)16-15(17)12-4-3-5-14(9-12)20(18)19/h3-9H,1-2H3,(H,16,17). The van der Waals surface area contributed by atoms with Gasteiger partial charge in [-0.3, -0.25) is 4.79 Å². The number of benzene rings is 2. The van der Waals surface area contributed by atoms with Crippen molar-refractivity contribution in [1.82, 2.24) is 0 Å². The third-order valence-corrected chi connectivity index (χ3v) is 3.78. The Balaban J connectivity index is 2.21. The minimum Gasteiger partial charge on any atom is -0.591 e. The molecule has 5 heteroatoms. The van der Waals surface area contributed by atoms with Crippen LogP contribution in [0.1, 0.15) is 21.5 Å². The second-order valence-electron chi connectivity index (χ2n) is 4.56. The highest BCUT2D eigenvalue weighted by Gasteiger charge is 2.12. The first kappa shape index (κ1) is 14.4. The van der Waals surface area contributed by atoms with Crippen molar-refractivity contribution in [2.45, 2.75) is 13.8 Å². The molecule has 0 bridgehead atoms. The van der Waals surface area contributed by atoms with Gasteiger partial charge in [-0.15, -0.1) is 0 Å². The van der Waals surface area contributed by atoms with Gasteiger partial charge in [-0.1, -0.05) is 16.7 Å². The summed E-state index contributed by atoms with van der Waals surface area (Å²) in [6.45, 7) is 3.96. The van der Waals surface area contributed by atoms with Gasteiger partial charge in [0.05, 0.1) is 0 Å². The zero-order chi connectivity index (χ0) is 14.7. The van der Waals surface area contributed by atoms with Crippen LogP contribution in [0, 0.1) is 13.8 Å². The molecule has 2 aromatic rings. The van der Waals surface area contributed by atoms with E-state index in [0.29, 0.717) is 11.3 Å². The Labute approximate surface area is 118 Å². The summed E-state index contributed by atoms with van der Waals surface area (Å²) in [5, 5.41) is 2.89. The molecule has 1 unspecified atom stereocenters. The molecule has 1 amide bonds. The molecule has 4 nitrogen and oxygen atoms in total. The van der Waals surface area contributed by atoms with Crippen LogP contribution in [0.5, 0.6) is 0 Å². The molecule has 0 spiro atoms. The monoisotopic (exact) mass is 287 g/mol. The molecule has 102 valence electrons. The van der Waals surface area contributed by atoms with Crippen LogP contribution in [-0.4, -0.2) is 5.91 Å². The van der Waals surface area contributed by atoms with Gasteiger partial charge in [0.25, 0.3) is 5.91 Å². The van der Waals surface area contributed by atoms with Gasteiger partial charge < -0.3 is 10.2 Å². The van der Waals surface area contributed by atoms with E-state index in [1.165, 1.54) is 12.1 Å². The quantitative estimate of drug-likeness (QED) is 0.880. The fourth-order valence-electron chi connectivity index (χ4n) is 1.78. The van der Waals surface area contributed by atoms with Gasteiger partial charge in [0.1, 0.15) is 0 Å². The third-order valence-electron chi connectivity index (χ3n) is 3.08. The van der Waals surface area contributed by atoms with Gasteiger partial charge in [-0.2, -0.15) is 0 Å². The van der Waals surface area contributed by atoms with Crippen molar-refractivity contribution in [3.63, 3.8) is 0 Å². The maximum Gasteiger partial charge on any atom is 0.348 e. The molecule has 2 rings (SSSR count). The van der Waals surface area contributed by atoms with E-state index in [9.17, 15) is 14.3 Å². The largest absolute Gasteiger partial charge is 0.591 e. The van der Waals surface area contributed by atoms with Crippen molar-refractivity contribution in [3.05, 3.63) is 59.2 Å². The maximum atomic E-state index is 12.1. The SMILES string of the molecule is Cc1ccc(NC(=O)c2cccc([P+](=O)[O-])c2)cc1C. The van der Waals surface area contributed by atoms with E-state index < -0.39 is 8.03 Å². The molecular formula is C15H14NO3P. The smallest absolute Gasteiger partial charge is 0.348 e. The predicted molar refractivity (Wildman–Crippen MR) is 77.6 cm³/mol. The summed E-state index contributed by atoms with van der Waals surface area (Å²) >= 11 is 0. The summed E-state index contributed by atoms with van der Waals surface area (Å²) < 4.78 is 10.9. The van der Waals surface area contributed by atoms with Crippen molar-refractivity contribution in [2.75, 3.05) is 5.32 Å². The third kappa shape index (κ3) is 3.29. The fraction of sp³-hybridized carbons (Fsp3) is 0.133. The van der Waals surface area contributed by atoms with Crippen molar-refractivity contribution < 1.29 is 14.3 Å². The number of anilines is 1. The second-order valence-corrected chi connectivity index (χ2v) is 5.59. The van der Waals surface area contributed by atoms with E-state index in [2.05, 4.69) is 5.32 Å². The van der Waals surface area contributed by atoms with Crippen molar-refractivity contribution in [3.8, 4) is 0 Å². The Kier molecular flexibility index (Phi) is 4.28. The number of amides is 1. The zero-order valence-electron chi connectivity index (χ0n) is 11.2. The lowest BCUT2D eigenvalue weighted by Gasteiger charge is -2.07. The Morgan fingerprint density at radius 2 is 1.85 bits per heavy atom. The maximum absolute atomic E-state index is 12.1. The zero-order valence-corrected chi connectivity index (χ0v) is 12.1. The van der Waals surface area contributed by atoms with Gasteiger partial charge >= 0.3 is 8.03 Å². The number of carbonyl (C=O) groups is 1. The average Bonchev–Trinajstić information content (AvgIpc) is 2.43. The van der Waals surface area contributed by atoms with Crippen LogP contribution in [0.4, 0.5) is 5.69 Å². The molecule has 0 aliphatic heterocycles. The van der Waals surface area contributed by atoms with Crippen LogP contribution >= 0.6 is 8.03 Å². The molecule has 20 heavy (non-hydrogen) atoms. The van der Waals surface area contributed by atoms with E-state index >= 15 is 0 Å². The number of carbonyl (C=O) groups excluding carboxylic acids is 1. The number of aryl methyl sites for hydroxylation is 2. The lowest BCUT2D eigenvalue weighted by Crippen LogP contribution is -2.15. The predicted octanol–water partition coefficient (Wildman–Crippen LogP) is 2.28. The van der Waals surface area contributed by atoms with E-state index in [0.717, 1.165) is 11.1 Å². The van der Waals surface area contributed by atoms with Crippen molar-refractivity contribution in [1.29, 1.82) is 0 Å². The molecule has 1 N–H and O–H groups in total. The Morgan fingerprint density at radius 1 is 1.10 bits per heavy atom. The molecule has 0 aliphatic rings. The fourth-order valence-corrected chi connectivity index (χ4v) is 2.24. The summed E-state index contributed by atoms with van der Waals surface area (Å²) in [4.78, 5) is 23.0. The van der Waals surface area contributed by atoms with Crippen molar-refractivity contribution in [2.24, 2.45) is 0 Å². The topological polar surface area (TPSA) is 69.2 Å². The molecule has 0 fully saturated rings. The van der Waals surface area contributed by atoms with E-state index in [4.69, 9.17) is 0 Å². The summed E-state index contributed by atoms with van der Waals surface area (Å²) in [5.41, 5.74) is 3.24. The van der Waals surface area contributed by atoms with Gasteiger partial charge in [0.15, 0.2) is 5.30 Å². The molecule has 0 saturated heterocycles. The van der Waals surface area contributed by atoms with Crippen LogP contribution < -0.4 is 15.5 Å². The minimum absolute atomic E-state index is 0.132. The first-order valence-electron chi connectivity index (χ1n) is 6.10. The molecule has 0 aromatic heterocycles. The summed E-state index contributed by atoms with van der Waals surface area (Å²) in [6, 6.07) is 11.6. The molecule has 1 atom stereocenters. The van der Waals surface area contributed by atoms with E-state index in [-0.39, 0.29) is 11.2 Å². The van der Waals surface area contributed by atoms with E-state index in [1.807, 2.05) is 32.0 Å². The van der Waals surface area contributed by atoms with Crippen LogP contribution in [-0.2, 0) is 4.57 Å². The van der Waals surface area contributed by atoms with Crippen LogP contribution in [0.3, 0.4) is 0 Å². The summed E-state index contributed by atoms with van der Waals surface area (Å²) in [5.74, 6) is -0.327. The normalized spacial score (nSPS) is 11.1. The summed E-state index contributed by atoms with van der Waals surface area (Å²) in [6.07, 6.45) is 0. The number of hydrogen-bond acceptors (Lipinski definition) is 3. The molecule has 0 aliphatic carbocycles. The average molecular weight is 287 g/mol. The highest BCUT2D eigenvalue weighted by atomic mass is 31.1. The van der Waals surface area contributed by atoms with Crippen LogP contribution in [0.15, 0.2) is 42.5 Å². The van der Waals surface area contributed by atoms with Gasteiger partial charge in [-0.05, 0) is 49.2 Å². The second kappa shape index (κ2) is 5.95. The highest BCUT2D eigenvalue weighted by molar-refractivity contribution is 7.45. The molecule has 0 radical (unpaired) electrons. The Hall–Kier alpha value is -2.03. The minimum atomic E-state index is -2.69. The molecule has 2 aromatic carbocycles. The van der Waals surface area contributed by atoms with E-state index in [1.54, 1.807) is 12.1 Å². The number of nitrogens with one attached hydrogen (secondary N) is 1. The van der Waals surface area contributed by atoms with Gasteiger partial charge in [0.2, 0.25) is 0 Å². The highest BCUT2D eigenvalue weighted by Crippen LogP contribution is 2.16. The lowest BCUT2D eigenvalue weighted by molar-refractivity contribution is -0.160. The Morgan fingerprint density at radius 3 is 2.50 bits per heavy atom. The Bertz CT molecular complexity index is 683. The number of rotatable bonds is 3. The summed E-state index contributed by atoms with van der Waals surface area (Å²) in [7, 11) is -2.69. The first-order valence-corrected chi connectivity index (χ1v) is 7.28. The molecule has 0 heterocycles. The van der Waals surface area contributed by atoms with Crippen molar-refractivity contribution >= 4 is 24.9 Å².